The summed E-state index contributed by atoms with van der Waals surface area (Å²) >= 11 is 1.18. The lowest BCUT2D eigenvalue weighted by Gasteiger charge is -2.15. The molecule has 0 radical (unpaired) electrons. The van der Waals surface area contributed by atoms with Crippen molar-refractivity contribution >= 4 is 40.9 Å². The van der Waals surface area contributed by atoms with Crippen molar-refractivity contribution in [3.8, 4) is 5.75 Å². The van der Waals surface area contributed by atoms with Gasteiger partial charge in [0.25, 0.3) is 0 Å². The number of anilines is 2. The van der Waals surface area contributed by atoms with Crippen molar-refractivity contribution in [2.24, 2.45) is 0 Å². The van der Waals surface area contributed by atoms with Crippen molar-refractivity contribution in [2.75, 3.05) is 23.1 Å². The fourth-order valence-electron chi connectivity index (χ4n) is 2.63. The first-order chi connectivity index (χ1) is 12.6. The Bertz CT molecular complexity index is 808. The summed E-state index contributed by atoms with van der Waals surface area (Å²) in [6.45, 7) is 0. The van der Waals surface area contributed by atoms with Gasteiger partial charge in [0.2, 0.25) is 17.7 Å². The number of nitrogens with one attached hydrogen (secondary N) is 1. The SMILES string of the molecule is COc1ccc(N2C(=O)CC(SCC(=O)Nc3ccccc3)C2=O)cc1. The molecule has 7 heteroatoms. The number of methoxy groups -OCH3 is 1. The van der Waals surface area contributed by atoms with Gasteiger partial charge in [-0.1, -0.05) is 18.2 Å². The number of nitrogens with zero attached hydrogens (tertiary/aromatic N) is 1. The van der Waals surface area contributed by atoms with Crippen LogP contribution in [-0.4, -0.2) is 35.8 Å². The number of hydrogen-bond acceptors (Lipinski definition) is 5. The maximum absolute atomic E-state index is 12.6. The molecule has 1 heterocycles. The lowest BCUT2D eigenvalue weighted by Crippen LogP contribution is -2.31. The van der Waals surface area contributed by atoms with Crippen LogP contribution in [0.3, 0.4) is 0 Å². The van der Waals surface area contributed by atoms with Gasteiger partial charge in [0.15, 0.2) is 0 Å². The third-order valence-electron chi connectivity index (χ3n) is 3.91. The van der Waals surface area contributed by atoms with E-state index in [1.807, 2.05) is 18.2 Å². The van der Waals surface area contributed by atoms with E-state index in [2.05, 4.69) is 5.32 Å². The van der Waals surface area contributed by atoms with Crippen LogP contribution in [0.25, 0.3) is 0 Å². The van der Waals surface area contributed by atoms with E-state index in [-0.39, 0.29) is 29.9 Å². The maximum atomic E-state index is 12.6. The van der Waals surface area contributed by atoms with E-state index in [0.29, 0.717) is 17.1 Å². The highest BCUT2D eigenvalue weighted by Gasteiger charge is 2.40. The number of imide groups is 1. The number of rotatable bonds is 6. The quantitative estimate of drug-likeness (QED) is 0.792. The summed E-state index contributed by atoms with van der Waals surface area (Å²) in [6.07, 6.45) is 0.0914. The molecule has 0 aromatic heterocycles. The molecule has 0 aliphatic carbocycles. The molecule has 1 N–H and O–H groups in total. The monoisotopic (exact) mass is 370 g/mol. The Morgan fingerprint density at radius 2 is 1.85 bits per heavy atom. The summed E-state index contributed by atoms with van der Waals surface area (Å²) < 4.78 is 5.08. The second-order valence-electron chi connectivity index (χ2n) is 5.68. The third-order valence-corrected chi connectivity index (χ3v) is 5.11. The Balaban J connectivity index is 1.59. The van der Waals surface area contributed by atoms with Gasteiger partial charge in [0.05, 0.1) is 23.8 Å². The number of carbonyl (C=O) groups is 3. The molecule has 3 amide bonds. The first kappa shape index (κ1) is 18.0. The molecule has 1 saturated heterocycles. The predicted octanol–water partition coefficient (Wildman–Crippen LogP) is 2.70. The average molecular weight is 370 g/mol. The predicted molar refractivity (Wildman–Crippen MR) is 101 cm³/mol. The number of carbonyl (C=O) groups excluding carboxylic acids is 3. The van der Waals surface area contributed by atoms with Gasteiger partial charge in [0.1, 0.15) is 5.75 Å². The summed E-state index contributed by atoms with van der Waals surface area (Å²) in [4.78, 5) is 38.0. The molecule has 1 unspecified atom stereocenters. The molecule has 0 spiro atoms. The summed E-state index contributed by atoms with van der Waals surface area (Å²) in [5.41, 5.74) is 1.21. The van der Waals surface area contributed by atoms with Gasteiger partial charge in [-0.3, -0.25) is 14.4 Å². The van der Waals surface area contributed by atoms with E-state index in [9.17, 15) is 14.4 Å². The molecule has 134 valence electrons. The molecule has 0 bridgehead atoms. The Hall–Kier alpha value is -2.80. The van der Waals surface area contributed by atoms with E-state index in [0.717, 1.165) is 0 Å². The zero-order valence-corrected chi connectivity index (χ0v) is 15.0. The van der Waals surface area contributed by atoms with Crippen molar-refractivity contribution in [1.82, 2.24) is 0 Å². The molecule has 1 aliphatic rings. The van der Waals surface area contributed by atoms with Crippen LogP contribution >= 0.6 is 11.8 Å². The molecule has 3 rings (SSSR count). The number of benzene rings is 2. The molecule has 1 aliphatic heterocycles. The van der Waals surface area contributed by atoms with Crippen molar-refractivity contribution in [3.63, 3.8) is 0 Å². The van der Waals surface area contributed by atoms with Crippen LogP contribution in [0.5, 0.6) is 5.75 Å². The standard InChI is InChI=1S/C19H18N2O4S/c1-25-15-9-7-14(8-10-15)21-18(23)11-16(19(21)24)26-12-17(22)20-13-5-3-2-4-6-13/h2-10,16H,11-12H2,1H3,(H,20,22). The van der Waals surface area contributed by atoms with Gasteiger partial charge in [-0.15, -0.1) is 11.8 Å². The van der Waals surface area contributed by atoms with Crippen LogP contribution in [0.15, 0.2) is 54.6 Å². The molecule has 6 nitrogen and oxygen atoms in total. The van der Waals surface area contributed by atoms with Crippen LogP contribution in [0.2, 0.25) is 0 Å². The summed E-state index contributed by atoms with van der Waals surface area (Å²) in [6, 6.07) is 15.8. The van der Waals surface area contributed by atoms with Crippen molar-refractivity contribution in [2.45, 2.75) is 11.7 Å². The van der Waals surface area contributed by atoms with E-state index >= 15 is 0 Å². The fraction of sp³-hybridized carbons (Fsp3) is 0.211. The largest absolute Gasteiger partial charge is 0.497 e. The second-order valence-corrected chi connectivity index (χ2v) is 6.87. The maximum Gasteiger partial charge on any atom is 0.247 e. The molecular weight excluding hydrogens is 352 g/mol. The van der Waals surface area contributed by atoms with Crippen LogP contribution in [0, 0.1) is 0 Å². The minimum absolute atomic E-state index is 0.0914. The summed E-state index contributed by atoms with van der Waals surface area (Å²) in [5, 5.41) is 2.21. The Labute approximate surface area is 155 Å². The van der Waals surface area contributed by atoms with Crippen LogP contribution in [0.4, 0.5) is 11.4 Å². The van der Waals surface area contributed by atoms with Gasteiger partial charge in [-0.25, -0.2) is 4.90 Å². The van der Waals surface area contributed by atoms with E-state index < -0.39 is 5.25 Å². The third kappa shape index (κ3) is 4.05. The molecule has 2 aromatic rings. The van der Waals surface area contributed by atoms with Crippen molar-refractivity contribution in [3.05, 3.63) is 54.6 Å². The van der Waals surface area contributed by atoms with Crippen LogP contribution in [-0.2, 0) is 14.4 Å². The molecular formula is C19H18N2O4S. The van der Waals surface area contributed by atoms with E-state index in [1.54, 1.807) is 43.5 Å². The highest BCUT2D eigenvalue weighted by Crippen LogP contribution is 2.30. The zero-order chi connectivity index (χ0) is 18.5. The normalized spacial score (nSPS) is 16.7. The van der Waals surface area contributed by atoms with Gasteiger partial charge >= 0.3 is 0 Å². The Kier molecular flexibility index (Phi) is 5.58. The number of thioether (sulfide) groups is 1. The lowest BCUT2D eigenvalue weighted by molar-refractivity contribution is -0.121. The Morgan fingerprint density at radius 1 is 1.15 bits per heavy atom. The van der Waals surface area contributed by atoms with E-state index in [4.69, 9.17) is 4.74 Å². The first-order valence-electron chi connectivity index (χ1n) is 8.06. The molecule has 0 saturated carbocycles. The van der Waals surface area contributed by atoms with Gasteiger partial charge in [-0.05, 0) is 36.4 Å². The van der Waals surface area contributed by atoms with E-state index in [1.165, 1.54) is 16.7 Å². The topological polar surface area (TPSA) is 75.7 Å². The van der Waals surface area contributed by atoms with Gasteiger partial charge in [-0.2, -0.15) is 0 Å². The van der Waals surface area contributed by atoms with Crippen LogP contribution in [0.1, 0.15) is 6.42 Å². The highest BCUT2D eigenvalue weighted by atomic mass is 32.2. The highest BCUT2D eigenvalue weighted by molar-refractivity contribution is 8.01. The smallest absolute Gasteiger partial charge is 0.247 e. The molecule has 1 atom stereocenters. The van der Waals surface area contributed by atoms with Crippen molar-refractivity contribution < 1.29 is 19.1 Å². The Morgan fingerprint density at radius 3 is 2.50 bits per heavy atom. The van der Waals surface area contributed by atoms with Gasteiger partial charge < -0.3 is 10.1 Å². The number of amides is 3. The summed E-state index contributed by atoms with van der Waals surface area (Å²) in [5.74, 6) is -0.00538. The molecule has 1 fully saturated rings. The number of ether oxygens (including phenoxy) is 1. The first-order valence-corrected chi connectivity index (χ1v) is 9.10. The summed E-state index contributed by atoms with van der Waals surface area (Å²) in [7, 11) is 1.55. The minimum Gasteiger partial charge on any atom is -0.497 e. The molecule has 2 aromatic carbocycles. The fourth-order valence-corrected chi connectivity index (χ4v) is 3.56. The minimum atomic E-state index is -0.550. The van der Waals surface area contributed by atoms with Crippen LogP contribution < -0.4 is 15.0 Å². The zero-order valence-electron chi connectivity index (χ0n) is 14.2. The van der Waals surface area contributed by atoms with Crippen molar-refractivity contribution in [1.29, 1.82) is 0 Å². The average Bonchev–Trinajstić information content (AvgIpc) is 2.94. The van der Waals surface area contributed by atoms with Gasteiger partial charge in [0, 0.05) is 12.1 Å². The number of para-hydroxylation sites is 1. The molecule has 26 heavy (non-hydrogen) atoms. The second kappa shape index (κ2) is 8.05. The lowest BCUT2D eigenvalue weighted by atomic mass is 10.3. The number of hydrogen-bond donors (Lipinski definition) is 1.